The van der Waals surface area contributed by atoms with Crippen LogP contribution in [0.3, 0.4) is 0 Å². The molecule has 0 unspecified atom stereocenters. The summed E-state index contributed by atoms with van der Waals surface area (Å²) >= 11 is 0. The molecule has 0 aliphatic carbocycles. The summed E-state index contributed by atoms with van der Waals surface area (Å²) in [6, 6.07) is 8.03. The van der Waals surface area contributed by atoms with E-state index in [1.54, 1.807) is 0 Å². The maximum absolute atomic E-state index is 5.34. The average Bonchev–Trinajstić information content (AvgIpc) is 2.05. The molecule has 2 rings (SSSR count). The fourth-order valence-electron chi connectivity index (χ4n) is 1.06. The van der Waals surface area contributed by atoms with Gasteiger partial charge in [0.05, 0.1) is 0 Å². The van der Waals surface area contributed by atoms with Crippen molar-refractivity contribution >= 4 is 6.08 Å². The maximum atomic E-state index is 5.34. The van der Waals surface area contributed by atoms with Crippen LogP contribution in [-0.4, -0.2) is 6.61 Å². The summed E-state index contributed by atoms with van der Waals surface area (Å²) in [7, 11) is 0. The Hall–Kier alpha value is 0.747. The van der Waals surface area contributed by atoms with E-state index in [0.717, 1.165) is 5.75 Å². The number of hydrogen-bond acceptors (Lipinski definition) is 1. The third-order valence-electron chi connectivity index (χ3n) is 1.55. The summed E-state index contributed by atoms with van der Waals surface area (Å²) in [5, 5.41) is 0. The molecule has 0 saturated heterocycles. The van der Waals surface area contributed by atoms with Crippen LogP contribution in [0, 0.1) is 0 Å². The number of benzene rings is 1. The van der Waals surface area contributed by atoms with E-state index in [1.807, 2.05) is 30.3 Å². The normalized spacial score (nSPS) is 10.8. The minimum atomic E-state index is 0. The van der Waals surface area contributed by atoms with Gasteiger partial charge in [-0.2, -0.15) is 0 Å². The first-order chi connectivity index (χ1) is 4.97. The second-order valence-electron chi connectivity index (χ2n) is 2.25. The minimum Gasteiger partial charge on any atom is -0.489 e. The number of para-hydroxylation sites is 1. The molecule has 1 aromatic rings. The third kappa shape index (κ3) is 4.19. The van der Waals surface area contributed by atoms with Crippen LogP contribution in [0.15, 0.2) is 30.3 Å². The van der Waals surface area contributed by atoms with Crippen LogP contribution in [-0.2, 0) is 61.3 Å². The molecule has 0 amide bonds. The molecule has 1 nitrogen and oxygen atoms in total. The fraction of sp³-hybridized carbons (Fsp3) is 0.111. The van der Waals surface area contributed by atoms with Gasteiger partial charge in [0.15, 0.2) is 0 Å². The third-order valence-corrected chi connectivity index (χ3v) is 1.55. The van der Waals surface area contributed by atoms with Gasteiger partial charge >= 0.3 is 0 Å². The topological polar surface area (TPSA) is 9.23 Å². The molecule has 1 aliphatic heterocycles. The van der Waals surface area contributed by atoms with E-state index in [0.29, 0.717) is 6.61 Å². The van der Waals surface area contributed by atoms with Crippen molar-refractivity contribution in [2.75, 3.05) is 6.61 Å². The first-order valence-corrected chi connectivity index (χ1v) is 3.35. The molecule has 0 saturated carbocycles. The first-order valence-electron chi connectivity index (χ1n) is 3.35. The molecule has 1 aliphatic rings. The van der Waals surface area contributed by atoms with Crippen LogP contribution in [0.25, 0.3) is 6.08 Å². The van der Waals surface area contributed by atoms with Crippen LogP contribution >= 0.6 is 0 Å². The van der Waals surface area contributed by atoms with Gasteiger partial charge in [-0.05, 0) is 12.1 Å². The van der Waals surface area contributed by atoms with Crippen LogP contribution in [0.5, 0.6) is 5.75 Å². The van der Waals surface area contributed by atoms with Crippen molar-refractivity contribution in [3.63, 3.8) is 0 Å². The van der Waals surface area contributed by atoms with E-state index in [1.165, 1.54) is 5.56 Å². The van der Waals surface area contributed by atoms with Gasteiger partial charge in [-0.15, -0.1) is 0 Å². The summed E-state index contributed by atoms with van der Waals surface area (Å²) in [4.78, 5) is 0. The SMILES string of the molecule is C1=Cc2ccccc2OC1.[Mo].[Ti].[V]. The van der Waals surface area contributed by atoms with Crippen LogP contribution in [0.1, 0.15) is 5.56 Å². The van der Waals surface area contributed by atoms with Crippen molar-refractivity contribution in [2.24, 2.45) is 0 Å². The zero-order valence-corrected chi connectivity index (χ0v) is 11.9. The molecule has 0 fully saturated rings. The van der Waals surface area contributed by atoms with E-state index in [-0.39, 0.29) is 61.3 Å². The zero-order valence-electron chi connectivity index (χ0n) is 6.93. The Morgan fingerprint density at radius 2 is 1.85 bits per heavy atom. The van der Waals surface area contributed by atoms with Crippen molar-refractivity contribution in [3.05, 3.63) is 35.9 Å². The van der Waals surface area contributed by atoms with E-state index in [9.17, 15) is 0 Å². The van der Waals surface area contributed by atoms with Gasteiger partial charge in [-0.25, -0.2) is 0 Å². The standard InChI is InChI=1S/C9H8O.Mo.Ti.V/c1-2-6-9-8(4-1)5-3-7-10-9;;;/h1-6H,7H2;;;. The second kappa shape index (κ2) is 8.09. The van der Waals surface area contributed by atoms with Crippen molar-refractivity contribution in [1.82, 2.24) is 0 Å². The second-order valence-corrected chi connectivity index (χ2v) is 2.25. The summed E-state index contributed by atoms with van der Waals surface area (Å²) in [6.07, 6.45) is 4.10. The van der Waals surface area contributed by atoms with E-state index >= 15 is 0 Å². The van der Waals surface area contributed by atoms with Gasteiger partial charge in [0.25, 0.3) is 0 Å². The molecule has 0 bridgehead atoms. The smallest absolute Gasteiger partial charge is 0.126 e. The Balaban J connectivity index is 0. The minimum absolute atomic E-state index is 0. The van der Waals surface area contributed by atoms with Crippen molar-refractivity contribution in [1.29, 1.82) is 0 Å². The van der Waals surface area contributed by atoms with E-state index < -0.39 is 0 Å². The molecule has 0 spiro atoms. The molecule has 1 aromatic carbocycles. The number of rotatable bonds is 0. The first kappa shape index (κ1) is 16.2. The van der Waals surface area contributed by atoms with Crippen molar-refractivity contribution in [3.8, 4) is 5.75 Å². The molecule has 65 valence electrons. The van der Waals surface area contributed by atoms with Gasteiger partial charge in [0.2, 0.25) is 0 Å². The molecule has 4 heteroatoms. The molecule has 13 heavy (non-hydrogen) atoms. The Morgan fingerprint density at radius 3 is 2.54 bits per heavy atom. The predicted octanol–water partition coefficient (Wildman–Crippen LogP) is 2.08. The average molecular weight is 327 g/mol. The summed E-state index contributed by atoms with van der Waals surface area (Å²) in [5.41, 5.74) is 1.17. The fourth-order valence-corrected chi connectivity index (χ4v) is 1.06. The van der Waals surface area contributed by atoms with Crippen LogP contribution < -0.4 is 4.74 Å². The van der Waals surface area contributed by atoms with Crippen LogP contribution in [0.4, 0.5) is 0 Å². The summed E-state index contributed by atoms with van der Waals surface area (Å²) < 4.78 is 5.34. The number of fused-ring (bicyclic) bond motifs is 1. The summed E-state index contributed by atoms with van der Waals surface area (Å²) in [6.45, 7) is 0.705. The van der Waals surface area contributed by atoms with Crippen molar-refractivity contribution < 1.29 is 66.1 Å². The molecule has 0 atom stereocenters. The molecule has 0 aromatic heterocycles. The van der Waals surface area contributed by atoms with Gasteiger partial charge in [0.1, 0.15) is 12.4 Å². The monoisotopic (exact) mass is 329 g/mol. The zero-order chi connectivity index (χ0) is 6.81. The Bertz CT molecular complexity index is 278. The van der Waals surface area contributed by atoms with Gasteiger partial charge in [-0.1, -0.05) is 24.3 Å². The molecular weight excluding hydrogens is 319 g/mol. The molecular formula is C9H8MoOTiV. The van der Waals surface area contributed by atoms with Gasteiger partial charge in [0, 0.05) is 66.9 Å². The number of ether oxygens (including phenoxy) is 1. The number of hydrogen-bond donors (Lipinski definition) is 0. The van der Waals surface area contributed by atoms with Crippen LogP contribution in [0.2, 0.25) is 0 Å². The molecule has 0 N–H and O–H groups in total. The Kier molecular flexibility index (Phi) is 10.1. The molecule has 1 radical (unpaired) electrons. The van der Waals surface area contributed by atoms with Gasteiger partial charge in [-0.3, -0.25) is 0 Å². The quantitative estimate of drug-likeness (QED) is 0.663. The van der Waals surface area contributed by atoms with E-state index in [4.69, 9.17) is 4.74 Å². The van der Waals surface area contributed by atoms with E-state index in [2.05, 4.69) is 6.08 Å². The molecule has 1 heterocycles. The largest absolute Gasteiger partial charge is 0.489 e. The Morgan fingerprint density at radius 1 is 1.15 bits per heavy atom. The van der Waals surface area contributed by atoms with Gasteiger partial charge < -0.3 is 4.74 Å². The predicted molar refractivity (Wildman–Crippen MR) is 41.0 cm³/mol. The van der Waals surface area contributed by atoms with Crippen molar-refractivity contribution in [2.45, 2.75) is 0 Å². The maximum Gasteiger partial charge on any atom is 0.126 e. The Labute approximate surface area is 119 Å². The summed E-state index contributed by atoms with van der Waals surface area (Å²) in [5.74, 6) is 0.991.